The Balaban J connectivity index is 1.45. The van der Waals surface area contributed by atoms with Crippen molar-refractivity contribution in [2.45, 2.75) is 26.3 Å². The Morgan fingerprint density at radius 3 is 2.50 bits per heavy atom. The molecular formula is C21H29N5O2. The maximum absolute atomic E-state index is 12.7. The third-order valence-electron chi connectivity index (χ3n) is 4.98. The Labute approximate surface area is 166 Å². The molecule has 150 valence electrons. The van der Waals surface area contributed by atoms with Crippen molar-refractivity contribution in [2.75, 3.05) is 39.3 Å². The van der Waals surface area contributed by atoms with Crippen molar-refractivity contribution in [2.24, 2.45) is 0 Å². The summed E-state index contributed by atoms with van der Waals surface area (Å²) in [6, 6.07) is 9.62. The van der Waals surface area contributed by atoms with E-state index >= 15 is 0 Å². The van der Waals surface area contributed by atoms with E-state index in [1.807, 2.05) is 46.1 Å². The van der Waals surface area contributed by atoms with Gasteiger partial charge in [-0.3, -0.25) is 19.2 Å². The minimum atomic E-state index is 0.0534. The first kappa shape index (κ1) is 20.1. The van der Waals surface area contributed by atoms with Crippen LogP contribution in [0.15, 0.2) is 42.7 Å². The molecule has 2 amide bonds. The number of aromatic nitrogens is 2. The van der Waals surface area contributed by atoms with Crippen molar-refractivity contribution in [3.8, 4) is 0 Å². The summed E-state index contributed by atoms with van der Waals surface area (Å²) in [5.74, 6) is 0.124. The molecule has 2 heterocycles. The summed E-state index contributed by atoms with van der Waals surface area (Å²) >= 11 is 0. The van der Waals surface area contributed by atoms with Crippen molar-refractivity contribution >= 4 is 11.8 Å². The second-order valence-corrected chi connectivity index (χ2v) is 7.17. The predicted molar refractivity (Wildman–Crippen MR) is 108 cm³/mol. The van der Waals surface area contributed by atoms with Gasteiger partial charge in [-0.2, -0.15) is 5.10 Å². The van der Waals surface area contributed by atoms with Crippen LogP contribution in [-0.4, -0.2) is 70.7 Å². The quantitative estimate of drug-likeness (QED) is 0.703. The van der Waals surface area contributed by atoms with E-state index in [4.69, 9.17) is 0 Å². The van der Waals surface area contributed by atoms with Crippen molar-refractivity contribution in [3.05, 3.63) is 53.9 Å². The van der Waals surface area contributed by atoms with Gasteiger partial charge in [0.25, 0.3) is 5.91 Å². The van der Waals surface area contributed by atoms with Crippen LogP contribution < -0.4 is 5.32 Å². The fourth-order valence-corrected chi connectivity index (χ4v) is 3.29. The third-order valence-corrected chi connectivity index (χ3v) is 4.98. The van der Waals surface area contributed by atoms with Crippen molar-refractivity contribution < 1.29 is 9.59 Å². The van der Waals surface area contributed by atoms with Gasteiger partial charge >= 0.3 is 0 Å². The second-order valence-electron chi connectivity index (χ2n) is 7.17. The molecule has 0 unspecified atom stereocenters. The molecule has 7 heteroatoms. The first-order valence-corrected chi connectivity index (χ1v) is 10.0. The first-order chi connectivity index (χ1) is 13.7. The minimum absolute atomic E-state index is 0.0534. The van der Waals surface area contributed by atoms with Gasteiger partial charge in [-0.15, -0.1) is 0 Å². The number of amides is 2. The summed E-state index contributed by atoms with van der Waals surface area (Å²) in [5, 5.41) is 7.14. The molecule has 1 aliphatic heterocycles. The monoisotopic (exact) mass is 383 g/mol. The van der Waals surface area contributed by atoms with E-state index in [2.05, 4.69) is 22.2 Å². The molecule has 0 bridgehead atoms. The van der Waals surface area contributed by atoms with Crippen LogP contribution in [0.2, 0.25) is 0 Å². The van der Waals surface area contributed by atoms with Gasteiger partial charge in [-0.05, 0) is 30.2 Å². The van der Waals surface area contributed by atoms with Gasteiger partial charge < -0.3 is 10.2 Å². The zero-order valence-electron chi connectivity index (χ0n) is 16.5. The summed E-state index contributed by atoms with van der Waals surface area (Å²) in [4.78, 5) is 28.6. The summed E-state index contributed by atoms with van der Waals surface area (Å²) in [6.07, 6.45) is 5.76. The molecule has 1 saturated heterocycles. The summed E-state index contributed by atoms with van der Waals surface area (Å²) in [7, 11) is 0. The number of piperazine rings is 1. The van der Waals surface area contributed by atoms with Gasteiger partial charge in [0.2, 0.25) is 5.91 Å². The van der Waals surface area contributed by atoms with Crippen LogP contribution in [0.1, 0.15) is 35.7 Å². The highest BCUT2D eigenvalue weighted by molar-refractivity contribution is 5.94. The highest BCUT2D eigenvalue weighted by Gasteiger charge is 2.23. The molecule has 1 aliphatic rings. The Morgan fingerprint density at radius 2 is 1.86 bits per heavy atom. The summed E-state index contributed by atoms with van der Waals surface area (Å²) in [5.41, 5.74) is 1.81. The van der Waals surface area contributed by atoms with Crippen LogP contribution in [0.4, 0.5) is 0 Å². The number of nitrogens with one attached hydrogen (secondary N) is 1. The largest absolute Gasteiger partial charge is 0.355 e. The van der Waals surface area contributed by atoms with Gasteiger partial charge in [-0.1, -0.05) is 25.5 Å². The predicted octanol–water partition coefficient (Wildman–Crippen LogP) is 1.61. The van der Waals surface area contributed by atoms with Crippen LogP contribution in [0.3, 0.4) is 0 Å². The molecular weight excluding hydrogens is 354 g/mol. The molecule has 0 spiro atoms. The summed E-state index contributed by atoms with van der Waals surface area (Å²) in [6.45, 7) is 6.70. The highest BCUT2D eigenvalue weighted by Crippen LogP contribution is 2.11. The molecule has 0 radical (unpaired) electrons. The van der Waals surface area contributed by atoms with E-state index in [1.54, 1.807) is 6.20 Å². The Morgan fingerprint density at radius 1 is 1.11 bits per heavy atom. The van der Waals surface area contributed by atoms with Gasteiger partial charge in [0, 0.05) is 50.7 Å². The fourth-order valence-electron chi connectivity index (χ4n) is 3.29. The van der Waals surface area contributed by atoms with Crippen LogP contribution >= 0.6 is 0 Å². The number of benzene rings is 1. The van der Waals surface area contributed by atoms with E-state index in [1.165, 1.54) is 0 Å². The third kappa shape index (κ3) is 5.66. The molecule has 0 aliphatic carbocycles. The molecule has 7 nitrogen and oxygen atoms in total. The molecule has 1 fully saturated rings. The maximum Gasteiger partial charge on any atom is 0.253 e. The number of carbonyl (C=O) groups excluding carboxylic acids is 2. The first-order valence-electron chi connectivity index (χ1n) is 10.0. The average Bonchev–Trinajstić information content (AvgIpc) is 3.22. The summed E-state index contributed by atoms with van der Waals surface area (Å²) < 4.78 is 1.86. The molecule has 3 rings (SSSR count). The molecule has 0 saturated carbocycles. The SMILES string of the molecule is CCCCNC(=O)CN1CCN(C(=O)c2ccc(Cn3cccn3)cc2)CC1. The molecule has 1 aromatic heterocycles. The molecule has 1 N–H and O–H groups in total. The molecule has 1 aromatic carbocycles. The van der Waals surface area contributed by atoms with Crippen LogP contribution in [0.5, 0.6) is 0 Å². The Kier molecular flexibility index (Phi) is 7.19. The van der Waals surface area contributed by atoms with Gasteiger partial charge in [0.05, 0.1) is 13.1 Å². The number of hydrogen-bond acceptors (Lipinski definition) is 4. The number of unbranched alkanes of at least 4 members (excludes halogenated alkanes) is 1. The lowest BCUT2D eigenvalue weighted by Gasteiger charge is -2.34. The van der Waals surface area contributed by atoms with Crippen molar-refractivity contribution in [1.29, 1.82) is 0 Å². The van der Waals surface area contributed by atoms with Gasteiger partial charge in [0.15, 0.2) is 0 Å². The van der Waals surface area contributed by atoms with E-state index in [-0.39, 0.29) is 11.8 Å². The fraction of sp³-hybridized carbons (Fsp3) is 0.476. The average molecular weight is 383 g/mol. The minimum Gasteiger partial charge on any atom is -0.355 e. The topological polar surface area (TPSA) is 70.5 Å². The van der Waals surface area contributed by atoms with E-state index in [0.717, 1.165) is 38.0 Å². The normalized spacial score (nSPS) is 14.8. The second kappa shape index (κ2) is 10.0. The van der Waals surface area contributed by atoms with E-state index < -0.39 is 0 Å². The Hall–Kier alpha value is -2.67. The lowest BCUT2D eigenvalue weighted by atomic mass is 10.1. The van der Waals surface area contributed by atoms with Crippen molar-refractivity contribution in [1.82, 2.24) is 24.9 Å². The molecule has 2 aromatic rings. The van der Waals surface area contributed by atoms with E-state index in [0.29, 0.717) is 31.7 Å². The number of rotatable bonds is 8. The number of hydrogen-bond donors (Lipinski definition) is 1. The highest BCUT2D eigenvalue weighted by atomic mass is 16.2. The van der Waals surface area contributed by atoms with Crippen LogP contribution in [0, 0.1) is 0 Å². The molecule has 28 heavy (non-hydrogen) atoms. The Bertz CT molecular complexity index is 750. The van der Waals surface area contributed by atoms with Crippen LogP contribution in [-0.2, 0) is 11.3 Å². The van der Waals surface area contributed by atoms with Crippen LogP contribution in [0.25, 0.3) is 0 Å². The van der Waals surface area contributed by atoms with Crippen molar-refractivity contribution in [3.63, 3.8) is 0 Å². The van der Waals surface area contributed by atoms with Gasteiger partial charge in [0.1, 0.15) is 0 Å². The van der Waals surface area contributed by atoms with E-state index in [9.17, 15) is 9.59 Å². The number of nitrogens with zero attached hydrogens (tertiary/aromatic N) is 4. The van der Waals surface area contributed by atoms with Gasteiger partial charge in [-0.25, -0.2) is 0 Å². The number of carbonyl (C=O) groups is 2. The lowest BCUT2D eigenvalue weighted by molar-refractivity contribution is -0.122. The smallest absolute Gasteiger partial charge is 0.253 e. The standard InChI is InChI=1S/C21H29N5O2/c1-2-3-9-22-20(27)17-24-12-14-25(15-13-24)21(28)19-7-5-18(6-8-19)16-26-11-4-10-23-26/h4-8,10-11H,2-3,9,12-17H2,1H3,(H,22,27). The zero-order valence-corrected chi connectivity index (χ0v) is 16.5. The maximum atomic E-state index is 12.7. The zero-order chi connectivity index (χ0) is 19.8. The molecule has 0 atom stereocenters. The lowest BCUT2D eigenvalue weighted by Crippen LogP contribution is -2.51.